The molecule has 1 saturated heterocycles. The van der Waals surface area contributed by atoms with Crippen LogP contribution in [0.2, 0.25) is 0 Å². The lowest BCUT2D eigenvalue weighted by Gasteiger charge is -2.45. The van der Waals surface area contributed by atoms with Crippen molar-refractivity contribution >= 4 is 11.5 Å². The molecule has 1 aromatic carbocycles. The first kappa shape index (κ1) is 16.6. The molecule has 128 valence electrons. The Labute approximate surface area is 142 Å². The highest BCUT2D eigenvalue weighted by atomic mass is 16.5. The van der Waals surface area contributed by atoms with Gasteiger partial charge in [-0.05, 0) is 36.4 Å². The van der Waals surface area contributed by atoms with Crippen molar-refractivity contribution in [2.75, 3.05) is 25.7 Å². The van der Waals surface area contributed by atoms with Gasteiger partial charge in [-0.2, -0.15) is 0 Å². The summed E-state index contributed by atoms with van der Waals surface area (Å²) in [5.74, 6) is 1.74. The predicted molar refractivity (Wildman–Crippen MR) is 91.4 cm³/mol. The Morgan fingerprint density at radius 3 is 2.54 bits per heavy atom. The summed E-state index contributed by atoms with van der Waals surface area (Å²) in [4.78, 5) is 14.8. The molecule has 1 aliphatic rings. The number of ether oxygens (including phenoxy) is 2. The molecule has 0 aliphatic carbocycles. The normalized spacial score (nSPS) is 24.2. The van der Waals surface area contributed by atoms with E-state index in [2.05, 4.69) is 4.90 Å². The number of piperidine rings is 1. The Balaban J connectivity index is 2.03. The van der Waals surface area contributed by atoms with E-state index in [1.54, 1.807) is 20.5 Å². The van der Waals surface area contributed by atoms with Gasteiger partial charge in [0.2, 0.25) is 0 Å². The highest BCUT2D eigenvalue weighted by Crippen LogP contribution is 2.39. The van der Waals surface area contributed by atoms with Crippen LogP contribution in [0, 0.1) is 5.92 Å². The second kappa shape index (κ2) is 7.09. The van der Waals surface area contributed by atoms with Gasteiger partial charge in [0, 0.05) is 25.1 Å². The zero-order chi connectivity index (χ0) is 17.1. The third-order valence-corrected chi connectivity index (χ3v) is 4.75. The average Bonchev–Trinajstić information content (AvgIpc) is 3.13. The fraction of sp³-hybridized carbons (Fsp3) is 0.421. The second-order valence-corrected chi connectivity index (χ2v) is 6.12. The third-order valence-electron chi connectivity index (χ3n) is 4.75. The van der Waals surface area contributed by atoms with E-state index in [1.807, 2.05) is 43.3 Å². The van der Waals surface area contributed by atoms with Gasteiger partial charge in [0.05, 0.1) is 32.1 Å². The van der Waals surface area contributed by atoms with Crippen LogP contribution in [0.1, 0.15) is 25.1 Å². The topological polar surface area (TPSA) is 51.9 Å². The number of Topliss-reactive ketones (excluding diaryl/α,β-unsaturated/α-hetero) is 1. The third kappa shape index (κ3) is 3.04. The van der Waals surface area contributed by atoms with Gasteiger partial charge in [-0.3, -0.25) is 4.79 Å². The predicted octanol–water partition coefficient (Wildman–Crippen LogP) is 3.46. The lowest BCUT2D eigenvalue weighted by Crippen LogP contribution is -2.52. The minimum atomic E-state index is -0.128. The Bertz CT molecular complexity index is 665. The summed E-state index contributed by atoms with van der Waals surface area (Å²) in [6, 6.07) is 11.5. The number of methoxy groups -OCH3 is 2. The van der Waals surface area contributed by atoms with Crippen molar-refractivity contribution in [2.24, 2.45) is 5.92 Å². The molecule has 0 N–H and O–H groups in total. The smallest absolute Gasteiger partial charge is 0.140 e. The molecule has 0 spiro atoms. The van der Waals surface area contributed by atoms with Gasteiger partial charge in [0.15, 0.2) is 0 Å². The molecule has 0 amide bonds. The van der Waals surface area contributed by atoms with Crippen LogP contribution in [-0.2, 0) is 9.53 Å². The van der Waals surface area contributed by atoms with E-state index in [4.69, 9.17) is 13.9 Å². The summed E-state index contributed by atoms with van der Waals surface area (Å²) in [6.07, 6.45) is 2.08. The highest BCUT2D eigenvalue weighted by Gasteiger charge is 2.41. The molecule has 1 fully saturated rings. The van der Waals surface area contributed by atoms with Crippen molar-refractivity contribution in [3.8, 4) is 5.75 Å². The summed E-state index contributed by atoms with van der Waals surface area (Å²) in [5, 5.41) is 0. The van der Waals surface area contributed by atoms with Crippen molar-refractivity contribution in [3.05, 3.63) is 48.4 Å². The molecule has 5 nitrogen and oxygen atoms in total. The van der Waals surface area contributed by atoms with Gasteiger partial charge >= 0.3 is 0 Å². The van der Waals surface area contributed by atoms with Gasteiger partial charge in [0.1, 0.15) is 17.3 Å². The number of benzene rings is 1. The first-order valence-electron chi connectivity index (χ1n) is 8.13. The number of rotatable bonds is 5. The van der Waals surface area contributed by atoms with Crippen LogP contribution >= 0.6 is 0 Å². The van der Waals surface area contributed by atoms with Crippen LogP contribution in [0.4, 0.5) is 5.69 Å². The number of carbonyl (C=O) groups excluding carboxylic acids is 1. The summed E-state index contributed by atoms with van der Waals surface area (Å²) >= 11 is 0. The molecule has 0 bridgehead atoms. The number of nitrogens with zero attached hydrogens (tertiary/aromatic N) is 1. The minimum Gasteiger partial charge on any atom is -0.497 e. The molecule has 0 radical (unpaired) electrons. The standard InChI is InChI=1S/C19H23NO4/c1-13-17(12-22-2)20(14-6-8-15(23-3)9-7-14)16(11-18(13)21)19-5-4-10-24-19/h4-10,13,16-17H,11-12H2,1-3H3/t13-,16+,17-/m1/s1. The molecule has 24 heavy (non-hydrogen) atoms. The Kier molecular flexibility index (Phi) is 4.90. The average molecular weight is 329 g/mol. The van der Waals surface area contributed by atoms with Crippen molar-refractivity contribution in [3.63, 3.8) is 0 Å². The van der Waals surface area contributed by atoms with Gasteiger partial charge < -0.3 is 18.8 Å². The minimum absolute atomic E-state index is 0.0419. The largest absolute Gasteiger partial charge is 0.497 e. The Morgan fingerprint density at radius 2 is 1.96 bits per heavy atom. The lowest BCUT2D eigenvalue weighted by molar-refractivity contribution is -0.125. The van der Waals surface area contributed by atoms with E-state index in [0.29, 0.717) is 13.0 Å². The van der Waals surface area contributed by atoms with Crippen LogP contribution in [0.3, 0.4) is 0 Å². The van der Waals surface area contributed by atoms with Gasteiger partial charge in [0.25, 0.3) is 0 Å². The number of furan rings is 1. The maximum Gasteiger partial charge on any atom is 0.140 e. The van der Waals surface area contributed by atoms with Gasteiger partial charge in [-0.25, -0.2) is 0 Å². The van der Waals surface area contributed by atoms with Crippen LogP contribution in [0.25, 0.3) is 0 Å². The molecule has 1 aliphatic heterocycles. The molecule has 2 heterocycles. The Morgan fingerprint density at radius 1 is 1.21 bits per heavy atom. The van der Waals surface area contributed by atoms with Gasteiger partial charge in [-0.15, -0.1) is 0 Å². The number of hydrogen-bond acceptors (Lipinski definition) is 5. The molecule has 3 rings (SSSR count). The molecular formula is C19H23NO4. The maximum absolute atomic E-state index is 12.5. The van der Waals surface area contributed by atoms with E-state index in [9.17, 15) is 4.79 Å². The number of carbonyl (C=O) groups is 1. The first-order valence-corrected chi connectivity index (χ1v) is 8.13. The molecular weight excluding hydrogens is 306 g/mol. The monoisotopic (exact) mass is 329 g/mol. The van der Waals surface area contributed by atoms with Crippen LogP contribution in [-0.4, -0.2) is 32.7 Å². The van der Waals surface area contributed by atoms with Crippen LogP contribution in [0.15, 0.2) is 47.1 Å². The lowest BCUT2D eigenvalue weighted by atomic mass is 9.84. The van der Waals surface area contributed by atoms with E-state index < -0.39 is 0 Å². The maximum atomic E-state index is 12.5. The van der Waals surface area contributed by atoms with Crippen molar-refractivity contribution in [1.29, 1.82) is 0 Å². The van der Waals surface area contributed by atoms with Crippen molar-refractivity contribution in [2.45, 2.75) is 25.4 Å². The highest BCUT2D eigenvalue weighted by molar-refractivity contribution is 5.85. The fourth-order valence-corrected chi connectivity index (χ4v) is 3.40. The number of hydrogen-bond donors (Lipinski definition) is 0. The Hall–Kier alpha value is -2.27. The molecule has 5 heteroatoms. The molecule has 0 unspecified atom stereocenters. The quantitative estimate of drug-likeness (QED) is 0.841. The number of anilines is 1. The summed E-state index contributed by atoms with van der Waals surface area (Å²) in [5.41, 5.74) is 1.03. The molecule has 1 aromatic heterocycles. The van der Waals surface area contributed by atoms with Gasteiger partial charge in [-0.1, -0.05) is 6.92 Å². The van der Waals surface area contributed by atoms with Crippen LogP contribution in [0.5, 0.6) is 5.75 Å². The zero-order valence-electron chi connectivity index (χ0n) is 14.3. The van der Waals surface area contributed by atoms with Crippen LogP contribution < -0.4 is 9.64 Å². The summed E-state index contributed by atoms with van der Waals surface area (Å²) < 4.78 is 16.3. The zero-order valence-corrected chi connectivity index (χ0v) is 14.3. The van der Waals surface area contributed by atoms with Crippen molar-refractivity contribution in [1.82, 2.24) is 0 Å². The van der Waals surface area contributed by atoms with Crippen molar-refractivity contribution < 1.29 is 18.7 Å². The van der Waals surface area contributed by atoms with E-state index in [0.717, 1.165) is 17.2 Å². The van der Waals surface area contributed by atoms with E-state index >= 15 is 0 Å². The summed E-state index contributed by atoms with van der Waals surface area (Å²) in [7, 11) is 3.32. The summed E-state index contributed by atoms with van der Waals surface area (Å²) in [6.45, 7) is 2.46. The second-order valence-electron chi connectivity index (χ2n) is 6.12. The van der Waals surface area contributed by atoms with E-state index in [-0.39, 0.29) is 23.8 Å². The molecule has 3 atom stereocenters. The fourth-order valence-electron chi connectivity index (χ4n) is 3.40. The molecule has 0 saturated carbocycles. The van der Waals surface area contributed by atoms with E-state index in [1.165, 1.54) is 0 Å². The number of ketones is 1. The first-order chi connectivity index (χ1) is 11.7. The molecule has 2 aromatic rings. The SMILES string of the molecule is COC[C@@H]1[C@@H](C)C(=O)C[C@@H](c2ccco2)N1c1ccc(OC)cc1.